The van der Waals surface area contributed by atoms with E-state index in [1.165, 1.54) is 24.3 Å². The van der Waals surface area contributed by atoms with Gasteiger partial charge in [-0.1, -0.05) is 38.1 Å². The Morgan fingerprint density at radius 1 is 1.00 bits per heavy atom. The molecule has 1 fully saturated rings. The van der Waals surface area contributed by atoms with Crippen molar-refractivity contribution in [2.75, 3.05) is 26.8 Å². The topological polar surface area (TPSA) is 41.6 Å². The zero-order chi connectivity index (χ0) is 24.5. The molecule has 2 aromatic carbocycles. The summed E-state index contributed by atoms with van der Waals surface area (Å²) < 4.78 is 32.4. The first kappa shape index (κ1) is 26.3. The fourth-order valence-corrected chi connectivity index (χ4v) is 4.80. The number of nitrogens with one attached hydrogen (secondary N) is 1. The molecule has 34 heavy (non-hydrogen) atoms. The molecule has 3 rings (SSSR count). The van der Waals surface area contributed by atoms with Gasteiger partial charge in [0.1, 0.15) is 11.6 Å². The van der Waals surface area contributed by atoms with E-state index in [0.29, 0.717) is 18.5 Å². The third-order valence-electron chi connectivity index (χ3n) is 6.77. The van der Waals surface area contributed by atoms with Crippen LogP contribution in [-0.4, -0.2) is 49.7 Å². The van der Waals surface area contributed by atoms with Crippen LogP contribution in [0.15, 0.2) is 48.5 Å². The number of hydrogen-bond donors (Lipinski definition) is 1. The summed E-state index contributed by atoms with van der Waals surface area (Å²) in [6.07, 6.45) is 4.25. The van der Waals surface area contributed by atoms with Gasteiger partial charge < -0.3 is 10.1 Å². The fraction of sp³-hybridized carbons (Fsp3) is 0.536. The molecule has 1 atom stereocenters. The smallest absolute Gasteiger partial charge is 0.237 e. The van der Waals surface area contributed by atoms with E-state index in [0.717, 1.165) is 56.4 Å². The van der Waals surface area contributed by atoms with E-state index in [9.17, 15) is 13.6 Å². The minimum atomic E-state index is -0.279. The zero-order valence-electron chi connectivity index (χ0n) is 20.6. The average molecular weight is 473 g/mol. The first-order valence-electron chi connectivity index (χ1n) is 12.4. The van der Waals surface area contributed by atoms with E-state index >= 15 is 0 Å². The Hall–Kier alpha value is -2.31. The Morgan fingerprint density at radius 2 is 1.53 bits per heavy atom. The first-order chi connectivity index (χ1) is 16.3. The molecule has 6 heteroatoms. The second-order valence-electron chi connectivity index (χ2n) is 9.74. The average Bonchev–Trinajstić information content (AvgIpc) is 2.84. The van der Waals surface area contributed by atoms with Gasteiger partial charge in [0, 0.05) is 31.7 Å². The van der Waals surface area contributed by atoms with Crippen molar-refractivity contribution in [1.29, 1.82) is 0 Å². The third kappa shape index (κ3) is 7.60. The molecule has 1 aliphatic heterocycles. The van der Waals surface area contributed by atoms with Gasteiger partial charge in [-0.05, 0) is 80.5 Å². The van der Waals surface area contributed by atoms with E-state index in [1.54, 1.807) is 24.3 Å². The number of amides is 1. The molecule has 1 heterocycles. The molecule has 0 radical (unpaired) electrons. The predicted octanol–water partition coefficient (Wildman–Crippen LogP) is 5.52. The van der Waals surface area contributed by atoms with Gasteiger partial charge >= 0.3 is 0 Å². The summed E-state index contributed by atoms with van der Waals surface area (Å²) in [5.41, 5.74) is 1.97. The van der Waals surface area contributed by atoms with Crippen LogP contribution in [0.1, 0.15) is 63.0 Å². The van der Waals surface area contributed by atoms with Crippen molar-refractivity contribution < 1.29 is 18.3 Å². The maximum Gasteiger partial charge on any atom is 0.237 e. The standard InChI is InChI=1S/C28H38F2N2O2/c1-20(2)19-27(32(3)25-14-17-34-18-15-25)28(33)31-16-4-5-26(21-6-10-23(29)11-7-21)22-8-12-24(30)13-9-22/h6-13,20,25-27H,4-5,14-19H2,1-3H3,(H,31,33). The SMILES string of the molecule is CC(C)CC(C(=O)NCCCC(c1ccc(F)cc1)c1ccc(F)cc1)N(C)C1CCOCC1. The maximum atomic E-state index is 13.5. The summed E-state index contributed by atoms with van der Waals surface area (Å²) in [5, 5.41) is 3.15. The minimum Gasteiger partial charge on any atom is -0.381 e. The van der Waals surface area contributed by atoms with Gasteiger partial charge in [0.2, 0.25) is 5.91 Å². The van der Waals surface area contributed by atoms with Crippen molar-refractivity contribution in [3.8, 4) is 0 Å². The van der Waals surface area contributed by atoms with Crippen LogP contribution in [0.5, 0.6) is 0 Å². The molecule has 1 aliphatic rings. The van der Waals surface area contributed by atoms with Crippen LogP contribution in [0.3, 0.4) is 0 Å². The largest absolute Gasteiger partial charge is 0.381 e. The number of halogens is 2. The number of hydrogen-bond acceptors (Lipinski definition) is 3. The molecule has 1 amide bonds. The fourth-order valence-electron chi connectivity index (χ4n) is 4.80. The van der Waals surface area contributed by atoms with Crippen LogP contribution < -0.4 is 5.32 Å². The second-order valence-corrected chi connectivity index (χ2v) is 9.74. The van der Waals surface area contributed by atoms with Crippen molar-refractivity contribution in [2.24, 2.45) is 5.92 Å². The zero-order valence-corrected chi connectivity index (χ0v) is 20.6. The summed E-state index contributed by atoms with van der Waals surface area (Å²) in [6.45, 7) is 6.36. The van der Waals surface area contributed by atoms with Gasteiger partial charge in [-0.2, -0.15) is 0 Å². The summed E-state index contributed by atoms with van der Waals surface area (Å²) in [4.78, 5) is 15.4. The van der Waals surface area contributed by atoms with Crippen LogP contribution in [-0.2, 0) is 9.53 Å². The summed E-state index contributed by atoms with van der Waals surface area (Å²) in [7, 11) is 2.06. The molecular formula is C28H38F2N2O2. The van der Waals surface area contributed by atoms with Crippen molar-refractivity contribution in [2.45, 2.75) is 64.0 Å². The van der Waals surface area contributed by atoms with Crippen LogP contribution in [0, 0.1) is 17.6 Å². The quantitative estimate of drug-likeness (QED) is 0.438. The molecule has 0 aromatic heterocycles. The molecular weight excluding hydrogens is 434 g/mol. The number of benzene rings is 2. The molecule has 1 N–H and O–H groups in total. The van der Waals surface area contributed by atoms with Gasteiger partial charge in [-0.25, -0.2) is 8.78 Å². The van der Waals surface area contributed by atoms with E-state index in [1.807, 2.05) is 0 Å². The Balaban J connectivity index is 1.60. The van der Waals surface area contributed by atoms with Crippen LogP contribution in [0.4, 0.5) is 8.78 Å². The highest BCUT2D eigenvalue weighted by Gasteiger charge is 2.30. The van der Waals surface area contributed by atoms with E-state index in [2.05, 4.69) is 31.1 Å². The molecule has 0 spiro atoms. The number of carbonyl (C=O) groups excluding carboxylic acids is 1. The normalized spacial score (nSPS) is 15.8. The van der Waals surface area contributed by atoms with Crippen LogP contribution in [0.25, 0.3) is 0 Å². The third-order valence-corrected chi connectivity index (χ3v) is 6.77. The predicted molar refractivity (Wildman–Crippen MR) is 132 cm³/mol. The highest BCUT2D eigenvalue weighted by atomic mass is 19.1. The van der Waals surface area contributed by atoms with Crippen molar-refractivity contribution in [1.82, 2.24) is 10.2 Å². The van der Waals surface area contributed by atoms with Gasteiger partial charge in [0.15, 0.2) is 0 Å². The molecule has 1 unspecified atom stereocenters. The number of likely N-dealkylation sites (N-methyl/N-ethyl adjacent to an activating group) is 1. The lowest BCUT2D eigenvalue weighted by molar-refractivity contribution is -0.128. The van der Waals surface area contributed by atoms with Crippen molar-refractivity contribution in [3.05, 3.63) is 71.3 Å². The Labute approximate surface area is 202 Å². The van der Waals surface area contributed by atoms with E-state index in [4.69, 9.17) is 4.74 Å². The van der Waals surface area contributed by atoms with Crippen LogP contribution in [0.2, 0.25) is 0 Å². The van der Waals surface area contributed by atoms with Crippen molar-refractivity contribution in [3.63, 3.8) is 0 Å². The lowest BCUT2D eigenvalue weighted by Crippen LogP contribution is -2.51. The van der Waals surface area contributed by atoms with Crippen molar-refractivity contribution >= 4 is 5.91 Å². The molecule has 0 bridgehead atoms. The van der Waals surface area contributed by atoms with E-state index < -0.39 is 0 Å². The van der Waals surface area contributed by atoms with Gasteiger partial charge in [0.25, 0.3) is 0 Å². The van der Waals surface area contributed by atoms with Gasteiger partial charge in [-0.3, -0.25) is 9.69 Å². The maximum absolute atomic E-state index is 13.5. The molecule has 1 saturated heterocycles. The highest BCUT2D eigenvalue weighted by molar-refractivity contribution is 5.81. The summed E-state index contributed by atoms with van der Waals surface area (Å²) >= 11 is 0. The number of carbonyl (C=O) groups is 1. The second kappa shape index (κ2) is 13.0. The van der Waals surface area contributed by atoms with Crippen LogP contribution >= 0.6 is 0 Å². The highest BCUT2D eigenvalue weighted by Crippen LogP contribution is 2.29. The molecule has 0 aliphatic carbocycles. The number of nitrogens with zero attached hydrogens (tertiary/aromatic N) is 1. The number of rotatable bonds is 11. The monoisotopic (exact) mass is 472 g/mol. The first-order valence-corrected chi connectivity index (χ1v) is 12.4. The molecule has 2 aromatic rings. The molecule has 0 saturated carbocycles. The molecule has 4 nitrogen and oxygen atoms in total. The Bertz CT molecular complexity index is 835. The van der Waals surface area contributed by atoms with Gasteiger partial charge in [0.05, 0.1) is 6.04 Å². The number of ether oxygens (including phenoxy) is 1. The molecule has 186 valence electrons. The minimum absolute atomic E-state index is 0.00877. The van der Waals surface area contributed by atoms with Gasteiger partial charge in [-0.15, -0.1) is 0 Å². The lowest BCUT2D eigenvalue weighted by atomic mass is 9.87. The summed E-state index contributed by atoms with van der Waals surface area (Å²) in [5.74, 6) is -0.0610. The Morgan fingerprint density at radius 3 is 2.03 bits per heavy atom. The lowest BCUT2D eigenvalue weighted by Gasteiger charge is -2.37. The summed E-state index contributed by atoms with van der Waals surface area (Å²) in [6, 6.07) is 13.1. The Kier molecular flexibility index (Phi) is 10.0. The van der Waals surface area contributed by atoms with E-state index in [-0.39, 0.29) is 29.5 Å².